The molecular formula is C24H18Br2N2O2. The van der Waals surface area contributed by atoms with Crippen LogP contribution in [0.25, 0.3) is 6.08 Å². The number of hydrogen-bond acceptors (Lipinski definition) is 3. The van der Waals surface area contributed by atoms with Gasteiger partial charge >= 0.3 is 0 Å². The van der Waals surface area contributed by atoms with E-state index < -0.39 is 5.91 Å². The number of amides is 1. The van der Waals surface area contributed by atoms with E-state index in [0.717, 1.165) is 25.6 Å². The summed E-state index contributed by atoms with van der Waals surface area (Å²) in [5.41, 5.74) is 3.49. The van der Waals surface area contributed by atoms with Gasteiger partial charge in [0, 0.05) is 20.2 Å². The van der Waals surface area contributed by atoms with Crippen LogP contribution < -0.4 is 10.1 Å². The number of benzene rings is 3. The second kappa shape index (κ2) is 10.2. The number of nitrogens with one attached hydrogen (secondary N) is 1. The highest BCUT2D eigenvalue weighted by Crippen LogP contribution is 2.24. The van der Waals surface area contributed by atoms with Gasteiger partial charge in [0.2, 0.25) is 0 Å². The standard InChI is InChI=1S/C24H18Br2N2O2/c1-16-3-2-4-21(11-16)28-24(29)19(14-27)12-17-5-9-22(10-6-17)30-15-18-7-8-20(25)13-23(18)26/h2-13H,15H2,1H3,(H,28,29)/b19-12-. The van der Waals surface area contributed by atoms with Crippen molar-refractivity contribution in [3.8, 4) is 11.8 Å². The monoisotopic (exact) mass is 524 g/mol. The molecule has 0 unspecified atom stereocenters. The molecule has 3 aromatic carbocycles. The predicted molar refractivity (Wildman–Crippen MR) is 126 cm³/mol. The Morgan fingerprint density at radius 3 is 2.53 bits per heavy atom. The summed E-state index contributed by atoms with van der Waals surface area (Å²) in [5, 5.41) is 12.1. The number of anilines is 1. The van der Waals surface area contributed by atoms with Gasteiger partial charge in [-0.15, -0.1) is 0 Å². The summed E-state index contributed by atoms with van der Waals surface area (Å²) in [6.07, 6.45) is 1.56. The number of nitriles is 1. The molecule has 6 heteroatoms. The Bertz CT molecular complexity index is 1130. The van der Waals surface area contributed by atoms with Crippen LogP contribution in [0.15, 0.2) is 81.2 Å². The Hall–Kier alpha value is -2.88. The van der Waals surface area contributed by atoms with Gasteiger partial charge in [0.1, 0.15) is 24.0 Å². The van der Waals surface area contributed by atoms with E-state index in [1.807, 2.05) is 73.7 Å². The van der Waals surface area contributed by atoms with Crippen molar-refractivity contribution in [2.24, 2.45) is 0 Å². The Morgan fingerprint density at radius 1 is 1.10 bits per heavy atom. The first-order chi connectivity index (χ1) is 14.4. The van der Waals surface area contributed by atoms with Gasteiger partial charge in [-0.3, -0.25) is 4.79 Å². The summed E-state index contributed by atoms with van der Waals surface area (Å²) in [4.78, 5) is 12.4. The van der Waals surface area contributed by atoms with Crippen molar-refractivity contribution in [3.05, 3.63) is 97.9 Å². The van der Waals surface area contributed by atoms with E-state index in [9.17, 15) is 10.1 Å². The van der Waals surface area contributed by atoms with Crippen molar-refractivity contribution in [2.45, 2.75) is 13.5 Å². The lowest BCUT2D eigenvalue weighted by molar-refractivity contribution is -0.112. The number of carbonyl (C=O) groups is 1. The molecule has 0 heterocycles. The van der Waals surface area contributed by atoms with Crippen LogP contribution in [0.3, 0.4) is 0 Å². The largest absolute Gasteiger partial charge is 0.489 e. The zero-order valence-corrected chi connectivity index (χ0v) is 19.3. The highest BCUT2D eigenvalue weighted by Gasteiger charge is 2.10. The van der Waals surface area contributed by atoms with E-state index in [-0.39, 0.29) is 5.57 Å². The highest BCUT2D eigenvalue weighted by atomic mass is 79.9. The summed E-state index contributed by atoms with van der Waals surface area (Å²) in [6, 6.07) is 22.6. The maximum absolute atomic E-state index is 12.4. The molecule has 0 spiro atoms. The molecule has 0 aliphatic carbocycles. The van der Waals surface area contributed by atoms with Gasteiger partial charge in [-0.1, -0.05) is 62.2 Å². The van der Waals surface area contributed by atoms with Crippen LogP contribution in [0.4, 0.5) is 5.69 Å². The number of hydrogen-bond donors (Lipinski definition) is 1. The van der Waals surface area contributed by atoms with Crippen LogP contribution in [0.2, 0.25) is 0 Å². The van der Waals surface area contributed by atoms with E-state index in [2.05, 4.69) is 37.2 Å². The zero-order valence-electron chi connectivity index (χ0n) is 16.2. The summed E-state index contributed by atoms with van der Waals surface area (Å²) in [6.45, 7) is 2.36. The van der Waals surface area contributed by atoms with Crippen LogP contribution in [0.5, 0.6) is 5.75 Å². The lowest BCUT2D eigenvalue weighted by Crippen LogP contribution is -2.13. The topological polar surface area (TPSA) is 62.1 Å². The predicted octanol–water partition coefficient (Wildman–Crippen LogP) is 6.64. The smallest absolute Gasteiger partial charge is 0.266 e. The third-order valence-electron chi connectivity index (χ3n) is 4.24. The van der Waals surface area contributed by atoms with Crippen molar-refractivity contribution in [1.82, 2.24) is 0 Å². The molecule has 1 N–H and O–H groups in total. The molecule has 150 valence electrons. The molecular weight excluding hydrogens is 508 g/mol. The first-order valence-electron chi connectivity index (χ1n) is 9.11. The van der Waals surface area contributed by atoms with Crippen LogP contribution in [-0.4, -0.2) is 5.91 Å². The molecule has 0 fully saturated rings. The molecule has 0 aliphatic heterocycles. The number of rotatable bonds is 6. The minimum absolute atomic E-state index is 0.0315. The lowest BCUT2D eigenvalue weighted by Gasteiger charge is -2.09. The molecule has 0 aromatic heterocycles. The maximum atomic E-state index is 12.4. The molecule has 1 amide bonds. The average Bonchev–Trinajstić information content (AvgIpc) is 2.72. The number of ether oxygens (including phenoxy) is 1. The van der Waals surface area contributed by atoms with Crippen molar-refractivity contribution < 1.29 is 9.53 Å². The van der Waals surface area contributed by atoms with Gasteiger partial charge in [-0.05, 0) is 60.5 Å². The zero-order chi connectivity index (χ0) is 21.5. The fourth-order valence-electron chi connectivity index (χ4n) is 2.70. The Balaban J connectivity index is 1.65. The minimum atomic E-state index is -0.441. The summed E-state index contributed by atoms with van der Waals surface area (Å²) < 4.78 is 7.79. The number of nitrogens with zero attached hydrogens (tertiary/aromatic N) is 1. The van der Waals surface area contributed by atoms with Gasteiger partial charge in [0.05, 0.1) is 0 Å². The molecule has 4 nitrogen and oxygen atoms in total. The summed E-state index contributed by atoms with van der Waals surface area (Å²) >= 11 is 6.95. The van der Waals surface area contributed by atoms with E-state index in [4.69, 9.17) is 4.74 Å². The number of carbonyl (C=O) groups excluding carboxylic acids is 1. The fraction of sp³-hybridized carbons (Fsp3) is 0.0833. The molecule has 0 bridgehead atoms. The second-order valence-corrected chi connectivity index (χ2v) is 8.36. The molecule has 0 radical (unpaired) electrons. The van der Waals surface area contributed by atoms with Crippen LogP contribution in [0, 0.1) is 18.3 Å². The lowest BCUT2D eigenvalue weighted by atomic mass is 10.1. The van der Waals surface area contributed by atoms with Gasteiger partial charge in [0.15, 0.2) is 0 Å². The summed E-state index contributed by atoms with van der Waals surface area (Å²) in [5.74, 6) is 0.258. The second-order valence-electron chi connectivity index (χ2n) is 6.59. The molecule has 30 heavy (non-hydrogen) atoms. The SMILES string of the molecule is Cc1cccc(NC(=O)/C(C#N)=C\c2ccc(OCc3ccc(Br)cc3Br)cc2)c1. The molecule has 0 saturated heterocycles. The molecule has 0 atom stereocenters. The first kappa shape index (κ1) is 21.8. The Kier molecular flexibility index (Phi) is 7.45. The Morgan fingerprint density at radius 2 is 1.87 bits per heavy atom. The van der Waals surface area contributed by atoms with Crippen molar-refractivity contribution in [1.29, 1.82) is 5.26 Å². The van der Waals surface area contributed by atoms with Crippen molar-refractivity contribution >= 4 is 49.5 Å². The first-order valence-corrected chi connectivity index (χ1v) is 10.7. The molecule has 0 saturated carbocycles. The van der Waals surface area contributed by atoms with Gasteiger partial charge in [-0.2, -0.15) is 5.26 Å². The van der Waals surface area contributed by atoms with E-state index in [1.165, 1.54) is 0 Å². The molecule has 3 aromatic rings. The third-order valence-corrected chi connectivity index (χ3v) is 5.47. The van der Waals surface area contributed by atoms with E-state index in [0.29, 0.717) is 18.0 Å². The highest BCUT2D eigenvalue weighted by molar-refractivity contribution is 9.11. The molecule has 3 rings (SSSR count). The average molecular weight is 526 g/mol. The van der Waals surface area contributed by atoms with Crippen molar-refractivity contribution in [2.75, 3.05) is 5.32 Å². The van der Waals surface area contributed by atoms with Crippen molar-refractivity contribution in [3.63, 3.8) is 0 Å². The maximum Gasteiger partial charge on any atom is 0.266 e. The fourth-order valence-corrected chi connectivity index (χ4v) is 3.86. The van der Waals surface area contributed by atoms with Crippen LogP contribution >= 0.6 is 31.9 Å². The van der Waals surface area contributed by atoms with Crippen LogP contribution in [0.1, 0.15) is 16.7 Å². The minimum Gasteiger partial charge on any atom is -0.489 e. The van der Waals surface area contributed by atoms with Gasteiger partial charge < -0.3 is 10.1 Å². The normalized spacial score (nSPS) is 10.9. The third kappa shape index (κ3) is 6.06. The van der Waals surface area contributed by atoms with Gasteiger partial charge in [0.25, 0.3) is 5.91 Å². The number of aryl methyl sites for hydroxylation is 1. The number of halogens is 2. The van der Waals surface area contributed by atoms with E-state index >= 15 is 0 Å². The molecule has 0 aliphatic rings. The Labute approximate surface area is 192 Å². The van der Waals surface area contributed by atoms with Crippen LogP contribution in [-0.2, 0) is 11.4 Å². The van der Waals surface area contributed by atoms with E-state index in [1.54, 1.807) is 12.1 Å². The summed E-state index contributed by atoms with van der Waals surface area (Å²) in [7, 11) is 0. The quantitative estimate of drug-likeness (QED) is 0.289. The van der Waals surface area contributed by atoms with Gasteiger partial charge in [-0.25, -0.2) is 0 Å².